The van der Waals surface area contributed by atoms with Gasteiger partial charge in [0.1, 0.15) is 0 Å². The van der Waals surface area contributed by atoms with Gasteiger partial charge in [-0.2, -0.15) is 0 Å². The Labute approximate surface area is 120 Å². The van der Waals surface area contributed by atoms with E-state index in [0.717, 1.165) is 45.6 Å². The van der Waals surface area contributed by atoms with Crippen LogP contribution >= 0.6 is 12.4 Å². The second-order valence-electron chi connectivity index (χ2n) is 5.75. The summed E-state index contributed by atoms with van der Waals surface area (Å²) < 4.78 is 0. The van der Waals surface area contributed by atoms with Crippen molar-refractivity contribution in [3.8, 4) is 0 Å². The third-order valence-corrected chi connectivity index (χ3v) is 4.49. The van der Waals surface area contributed by atoms with Crippen molar-refractivity contribution < 1.29 is 9.59 Å². The predicted octanol–water partition coefficient (Wildman–Crippen LogP) is 0.0985. The molecule has 0 aromatic heterocycles. The van der Waals surface area contributed by atoms with Crippen molar-refractivity contribution in [3.05, 3.63) is 0 Å². The second kappa shape index (κ2) is 6.09. The molecule has 1 N–H and O–H groups in total. The van der Waals surface area contributed by atoms with Gasteiger partial charge in [0.25, 0.3) is 0 Å². The largest absolute Gasteiger partial charge is 0.340 e. The zero-order valence-electron chi connectivity index (χ0n) is 11.1. The van der Waals surface area contributed by atoms with E-state index in [0.29, 0.717) is 24.8 Å². The summed E-state index contributed by atoms with van der Waals surface area (Å²) in [5.41, 5.74) is 0. The molecule has 0 unspecified atom stereocenters. The van der Waals surface area contributed by atoms with Crippen LogP contribution in [0.5, 0.6) is 0 Å². The van der Waals surface area contributed by atoms with Crippen molar-refractivity contribution >= 4 is 24.2 Å². The first-order valence-electron chi connectivity index (χ1n) is 7.00. The molecule has 3 aliphatic heterocycles. The zero-order chi connectivity index (χ0) is 12.5. The number of rotatable bonds is 2. The smallest absolute Gasteiger partial charge is 0.242 e. The molecule has 3 heterocycles. The zero-order valence-corrected chi connectivity index (χ0v) is 12.0. The summed E-state index contributed by atoms with van der Waals surface area (Å²) in [5, 5.41) is 3.37. The molecule has 3 saturated heterocycles. The fourth-order valence-corrected chi connectivity index (χ4v) is 3.35. The molecule has 6 heteroatoms. The highest BCUT2D eigenvalue weighted by molar-refractivity contribution is 5.85. The number of hydrogen-bond donors (Lipinski definition) is 1. The van der Waals surface area contributed by atoms with E-state index >= 15 is 0 Å². The number of nitrogens with zero attached hydrogens (tertiary/aromatic N) is 2. The standard InChI is InChI=1S/C13H21N3O2.ClH/c17-12-3-1-2-4-15(12)9-13(18)16-7-10-5-14-6-11(10)8-16;/h10-11,14H,1-9H2;1H/t10-,11+;. The molecule has 3 aliphatic rings. The second-order valence-corrected chi connectivity index (χ2v) is 5.75. The molecule has 0 aliphatic carbocycles. The molecule has 0 bridgehead atoms. The van der Waals surface area contributed by atoms with Gasteiger partial charge in [-0.15, -0.1) is 12.4 Å². The van der Waals surface area contributed by atoms with E-state index in [9.17, 15) is 9.59 Å². The highest BCUT2D eigenvalue weighted by Crippen LogP contribution is 2.26. The molecular formula is C13H22ClN3O2. The van der Waals surface area contributed by atoms with Crippen molar-refractivity contribution in [2.45, 2.75) is 19.3 Å². The fourth-order valence-electron chi connectivity index (χ4n) is 3.35. The molecule has 3 fully saturated rings. The minimum atomic E-state index is 0. The molecule has 0 aromatic carbocycles. The predicted molar refractivity (Wildman–Crippen MR) is 74.1 cm³/mol. The van der Waals surface area contributed by atoms with E-state index in [1.807, 2.05) is 4.90 Å². The Morgan fingerprint density at radius 3 is 2.53 bits per heavy atom. The SMILES string of the molecule is Cl.O=C1CCCCN1CC(=O)N1C[C@H]2CNC[C@H]2C1. The van der Waals surface area contributed by atoms with Gasteiger partial charge < -0.3 is 15.1 Å². The highest BCUT2D eigenvalue weighted by Gasteiger charge is 2.38. The summed E-state index contributed by atoms with van der Waals surface area (Å²) in [5.74, 6) is 1.55. The van der Waals surface area contributed by atoms with Gasteiger partial charge in [0.2, 0.25) is 11.8 Å². The average molecular weight is 288 g/mol. The lowest BCUT2D eigenvalue weighted by Crippen LogP contribution is -2.44. The Morgan fingerprint density at radius 1 is 1.21 bits per heavy atom. The number of piperidine rings is 1. The average Bonchev–Trinajstić information content (AvgIpc) is 2.92. The summed E-state index contributed by atoms with van der Waals surface area (Å²) in [4.78, 5) is 27.6. The van der Waals surface area contributed by atoms with Crippen molar-refractivity contribution in [1.29, 1.82) is 0 Å². The summed E-state index contributed by atoms with van der Waals surface area (Å²) in [6, 6.07) is 0. The number of fused-ring (bicyclic) bond motifs is 1. The lowest BCUT2D eigenvalue weighted by atomic mass is 10.0. The lowest BCUT2D eigenvalue weighted by Gasteiger charge is -2.28. The summed E-state index contributed by atoms with van der Waals surface area (Å²) in [6.45, 7) is 4.88. The van der Waals surface area contributed by atoms with Crippen molar-refractivity contribution in [3.63, 3.8) is 0 Å². The Bertz CT molecular complexity index is 352. The van der Waals surface area contributed by atoms with Crippen LogP contribution in [-0.4, -0.2) is 60.9 Å². The molecule has 3 rings (SSSR count). The van der Waals surface area contributed by atoms with Crippen LogP contribution in [0.1, 0.15) is 19.3 Å². The molecule has 108 valence electrons. The summed E-state index contributed by atoms with van der Waals surface area (Å²) in [7, 11) is 0. The van der Waals surface area contributed by atoms with Gasteiger partial charge in [-0.25, -0.2) is 0 Å². The van der Waals surface area contributed by atoms with Crippen molar-refractivity contribution in [2.75, 3.05) is 39.3 Å². The number of likely N-dealkylation sites (tertiary alicyclic amines) is 2. The first-order valence-corrected chi connectivity index (χ1v) is 7.00. The Hall–Kier alpha value is -0.810. The first kappa shape index (κ1) is 14.6. The number of hydrogen-bond acceptors (Lipinski definition) is 3. The van der Waals surface area contributed by atoms with Gasteiger partial charge in [0.15, 0.2) is 0 Å². The van der Waals surface area contributed by atoms with E-state index in [1.54, 1.807) is 4.90 Å². The highest BCUT2D eigenvalue weighted by atomic mass is 35.5. The Kier molecular flexibility index (Phi) is 4.68. The van der Waals surface area contributed by atoms with Crippen LogP contribution < -0.4 is 5.32 Å². The molecule has 2 amide bonds. The number of nitrogens with one attached hydrogen (secondary N) is 1. The topological polar surface area (TPSA) is 52.7 Å². The maximum Gasteiger partial charge on any atom is 0.242 e. The molecule has 0 spiro atoms. The molecule has 0 saturated carbocycles. The molecule has 2 atom stereocenters. The van der Waals surface area contributed by atoms with Gasteiger partial charge in [-0.3, -0.25) is 9.59 Å². The van der Waals surface area contributed by atoms with Gasteiger partial charge in [0.05, 0.1) is 6.54 Å². The van der Waals surface area contributed by atoms with E-state index in [1.165, 1.54) is 0 Å². The van der Waals surface area contributed by atoms with Crippen LogP contribution in [-0.2, 0) is 9.59 Å². The van der Waals surface area contributed by atoms with Crippen LogP contribution in [0, 0.1) is 11.8 Å². The number of carbonyl (C=O) groups is 2. The Balaban J connectivity index is 0.00000133. The summed E-state index contributed by atoms with van der Waals surface area (Å²) >= 11 is 0. The molecule has 5 nitrogen and oxygen atoms in total. The van der Waals surface area contributed by atoms with Gasteiger partial charge in [-0.05, 0) is 24.7 Å². The summed E-state index contributed by atoms with van der Waals surface area (Å²) in [6.07, 6.45) is 2.62. The van der Waals surface area contributed by atoms with Crippen LogP contribution in [0.3, 0.4) is 0 Å². The van der Waals surface area contributed by atoms with Crippen LogP contribution in [0.4, 0.5) is 0 Å². The maximum absolute atomic E-state index is 12.2. The number of halogens is 1. The van der Waals surface area contributed by atoms with Crippen LogP contribution in [0.15, 0.2) is 0 Å². The van der Waals surface area contributed by atoms with E-state index < -0.39 is 0 Å². The molecule has 0 radical (unpaired) electrons. The first-order chi connectivity index (χ1) is 8.74. The molecular weight excluding hydrogens is 266 g/mol. The third kappa shape index (κ3) is 3.03. The van der Waals surface area contributed by atoms with E-state index in [-0.39, 0.29) is 24.2 Å². The van der Waals surface area contributed by atoms with Crippen LogP contribution in [0.25, 0.3) is 0 Å². The quantitative estimate of drug-likeness (QED) is 0.784. The number of amides is 2. The minimum absolute atomic E-state index is 0. The van der Waals surface area contributed by atoms with Gasteiger partial charge in [-0.1, -0.05) is 0 Å². The fraction of sp³-hybridized carbons (Fsp3) is 0.846. The minimum Gasteiger partial charge on any atom is -0.340 e. The lowest BCUT2D eigenvalue weighted by molar-refractivity contribution is -0.141. The normalized spacial score (nSPS) is 30.2. The Morgan fingerprint density at radius 2 is 1.89 bits per heavy atom. The van der Waals surface area contributed by atoms with Crippen molar-refractivity contribution in [1.82, 2.24) is 15.1 Å². The third-order valence-electron chi connectivity index (χ3n) is 4.49. The van der Waals surface area contributed by atoms with Gasteiger partial charge in [0, 0.05) is 39.1 Å². The molecule has 0 aromatic rings. The monoisotopic (exact) mass is 287 g/mol. The van der Waals surface area contributed by atoms with Gasteiger partial charge >= 0.3 is 0 Å². The maximum atomic E-state index is 12.2. The van der Waals surface area contributed by atoms with Crippen LogP contribution in [0.2, 0.25) is 0 Å². The number of carbonyl (C=O) groups excluding carboxylic acids is 2. The van der Waals surface area contributed by atoms with E-state index in [2.05, 4.69) is 5.32 Å². The van der Waals surface area contributed by atoms with Crippen molar-refractivity contribution in [2.24, 2.45) is 11.8 Å². The van der Waals surface area contributed by atoms with E-state index in [4.69, 9.17) is 0 Å². The molecule has 19 heavy (non-hydrogen) atoms.